The van der Waals surface area contributed by atoms with Crippen molar-refractivity contribution in [1.82, 2.24) is 9.97 Å². The maximum absolute atomic E-state index is 11.1. The molecule has 1 heterocycles. The number of hydrogen-bond acceptors (Lipinski definition) is 5. The van der Waals surface area contributed by atoms with Gasteiger partial charge in [-0.05, 0) is 18.6 Å². The van der Waals surface area contributed by atoms with Crippen LogP contribution in [-0.2, 0) is 0 Å². The highest BCUT2D eigenvalue weighted by Gasteiger charge is 2.20. The highest BCUT2D eigenvalue weighted by Crippen LogP contribution is 2.29. The van der Waals surface area contributed by atoms with Gasteiger partial charge in [0.25, 0.3) is 5.69 Å². The lowest BCUT2D eigenvalue weighted by Gasteiger charge is -2.16. The van der Waals surface area contributed by atoms with Crippen molar-refractivity contribution in [2.45, 2.75) is 19.4 Å². The maximum atomic E-state index is 11.1. The topological polar surface area (TPSA) is 127 Å². The van der Waals surface area contributed by atoms with Gasteiger partial charge >= 0.3 is 0 Å². The van der Waals surface area contributed by atoms with E-state index in [2.05, 4.69) is 15.3 Å². The molecular weight excluding hydrogens is 274 g/mol. The Bertz CT molecular complexity index is 654. The third kappa shape index (κ3) is 3.16. The number of carbonyl (C=O) groups excluding carboxylic acids is 1. The molecule has 1 atom stereocenters. The van der Waals surface area contributed by atoms with E-state index in [4.69, 9.17) is 5.73 Å². The molecule has 1 amide bonds. The van der Waals surface area contributed by atoms with Crippen LogP contribution >= 0.6 is 0 Å². The van der Waals surface area contributed by atoms with Gasteiger partial charge in [-0.15, -0.1) is 0 Å². The van der Waals surface area contributed by atoms with Crippen LogP contribution in [0.1, 0.15) is 35.6 Å². The van der Waals surface area contributed by atoms with Crippen molar-refractivity contribution >= 4 is 17.3 Å². The number of nitro benzene ring substituents is 1. The van der Waals surface area contributed by atoms with E-state index in [9.17, 15) is 14.9 Å². The molecule has 21 heavy (non-hydrogen) atoms. The predicted molar refractivity (Wildman–Crippen MR) is 76.9 cm³/mol. The first kappa shape index (κ1) is 14.5. The Morgan fingerprint density at radius 2 is 2.33 bits per heavy atom. The summed E-state index contributed by atoms with van der Waals surface area (Å²) in [7, 11) is 0. The molecule has 0 saturated heterocycles. The number of amides is 1. The van der Waals surface area contributed by atoms with Crippen LogP contribution in [0, 0.1) is 10.1 Å². The fraction of sp³-hybridized carbons (Fsp3) is 0.231. The van der Waals surface area contributed by atoms with Gasteiger partial charge in [0, 0.05) is 24.0 Å². The number of aromatic amines is 1. The van der Waals surface area contributed by atoms with Gasteiger partial charge in [-0.25, -0.2) is 4.98 Å². The van der Waals surface area contributed by atoms with Crippen LogP contribution in [0.3, 0.4) is 0 Å². The van der Waals surface area contributed by atoms with Crippen LogP contribution in [0.15, 0.2) is 30.6 Å². The van der Waals surface area contributed by atoms with Crippen molar-refractivity contribution in [3.8, 4) is 0 Å². The molecule has 110 valence electrons. The van der Waals surface area contributed by atoms with Gasteiger partial charge in [0.05, 0.1) is 11.0 Å². The number of anilines is 1. The maximum Gasteiger partial charge on any atom is 0.293 e. The molecule has 0 fully saturated rings. The van der Waals surface area contributed by atoms with Gasteiger partial charge in [0.2, 0.25) is 5.91 Å². The number of benzene rings is 1. The summed E-state index contributed by atoms with van der Waals surface area (Å²) in [6.45, 7) is 1.93. The number of rotatable bonds is 6. The summed E-state index contributed by atoms with van der Waals surface area (Å²) < 4.78 is 0. The molecule has 0 bridgehead atoms. The molecule has 0 spiro atoms. The molecule has 0 radical (unpaired) electrons. The zero-order chi connectivity index (χ0) is 15.4. The van der Waals surface area contributed by atoms with Gasteiger partial charge in [0.15, 0.2) is 0 Å². The lowest BCUT2D eigenvalue weighted by Crippen LogP contribution is -2.14. The standard InChI is InChI=1S/C13H15N5O3/c1-2-9(13-15-5-6-16-13)17-10-4-3-8(12(14)19)7-11(10)18(20)21/h3-7,9,17H,2H2,1H3,(H2,14,19)(H,15,16). The monoisotopic (exact) mass is 289 g/mol. The predicted octanol–water partition coefficient (Wildman–Crippen LogP) is 1.98. The van der Waals surface area contributed by atoms with Gasteiger partial charge in [-0.1, -0.05) is 6.92 Å². The van der Waals surface area contributed by atoms with E-state index in [0.29, 0.717) is 17.9 Å². The average molecular weight is 289 g/mol. The normalized spacial score (nSPS) is 11.9. The van der Waals surface area contributed by atoms with E-state index in [1.54, 1.807) is 12.4 Å². The second-order valence-electron chi connectivity index (χ2n) is 4.43. The molecule has 2 rings (SSSR count). The molecular formula is C13H15N5O3. The van der Waals surface area contributed by atoms with Crippen molar-refractivity contribution < 1.29 is 9.72 Å². The van der Waals surface area contributed by atoms with E-state index in [0.717, 1.165) is 0 Å². The Labute approximate surface area is 120 Å². The van der Waals surface area contributed by atoms with Crippen LogP contribution in [-0.4, -0.2) is 20.8 Å². The van der Waals surface area contributed by atoms with Gasteiger partial charge in [0.1, 0.15) is 11.5 Å². The zero-order valence-corrected chi connectivity index (χ0v) is 11.4. The van der Waals surface area contributed by atoms with Crippen molar-refractivity contribution in [3.63, 3.8) is 0 Å². The number of hydrogen-bond donors (Lipinski definition) is 3. The fourth-order valence-electron chi connectivity index (χ4n) is 1.98. The first-order valence-corrected chi connectivity index (χ1v) is 6.37. The molecule has 0 aliphatic rings. The Balaban J connectivity index is 2.34. The number of aromatic nitrogens is 2. The van der Waals surface area contributed by atoms with Crippen molar-refractivity contribution in [2.75, 3.05) is 5.32 Å². The van der Waals surface area contributed by atoms with E-state index in [1.165, 1.54) is 18.2 Å². The molecule has 4 N–H and O–H groups in total. The van der Waals surface area contributed by atoms with E-state index in [-0.39, 0.29) is 17.3 Å². The van der Waals surface area contributed by atoms with Crippen LogP contribution in [0.2, 0.25) is 0 Å². The summed E-state index contributed by atoms with van der Waals surface area (Å²) >= 11 is 0. The van der Waals surface area contributed by atoms with Crippen LogP contribution in [0.4, 0.5) is 11.4 Å². The minimum atomic E-state index is -0.706. The number of nitrogens with one attached hydrogen (secondary N) is 2. The zero-order valence-electron chi connectivity index (χ0n) is 11.4. The molecule has 2 aromatic rings. The van der Waals surface area contributed by atoms with Crippen molar-refractivity contribution in [2.24, 2.45) is 5.73 Å². The molecule has 1 aromatic carbocycles. The second-order valence-corrected chi connectivity index (χ2v) is 4.43. The average Bonchev–Trinajstić information content (AvgIpc) is 2.98. The number of carbonyl (C=O) groups is 1. The summed E-state index contributed by atoms with van der Waals surface area (Å²) in [5, 5.41) is 14.2. The fourth-order valence-corrected chi connectivity index (χ4v) is 1.98. The Morgan fingerprint density at radius 1 is 1.57 bits per heavy atom. The molecule has 0 saturated carbocycles. The highest BCUT2D eigenvalue weighted by atomic mass is 16.6. The Kier molecular flexibility index (Phi) is 4.17. The third-order valence-electron chi connectivity index (χ3n) is 3.07. The van der Waals surface area contributed by atoms with Crippen LogP contribution in [0.25, 0.3) is 0 Å². The van der Waals surface area contributed by atoms with E-state index in [1.807, 2.05) is 6.92 Å². The number of nitrogens with zero attached hydrogens (tertiary/aromatic N) is 2. The molecule has 0 aliphatic carbocycles. The summed E-state index contributed by atoms with van der Waals surface area (Å²) in [6, 6.07) is 3.90. The first-order chi connectivity index (χ1) is 10.0. The molecule has 8 nitrogen and oxygen atoms in total. The first-order valence-electron chi connectivity index (χ1n) is 6.37. The van der Waals surface area contributed by atoms with Crippen molar-refractivity contribution in [3.05, 3.63) is 52.1 Å². The van der Waals surface area contributed by atoms with E-state index >= 15 is 0 Å². The second kappa shape index (κ2) is 6.04. The Morgan fingerprint density at radius 3 is 2.86 bits per heavy atom. The number of imidazole rings is 1. The number of primary amides is 1. The minimum Gasteiger partial charge on any atom is -0.370 e. The summed E-state index contributed by atoms with van der Waals surface area (Å²) in [5.74, 6) is -0.0199. The summed E-state index contributed by atoms with van der Waals surface area (Å²) in [6.07, 6.45) is 3.98. The van der Waals surface area contributed by atoms with Gasteiger partial charge < -0.3 is 16.0 Å². The number of nitrogens with two attached hydrogens (primary N) is 1. The molecule has 1 aromatic heterocycles. The summed E-state index contributed by atoms with van der Waals surface area (Å²) in [4.78, 5) is 28.8. The highest BCUT2D eigenvalue weighted by molar-refractivity contribution is 5.94. The Hall–Kier alpha value is -2.90. The van der Waals surface area contributed by atoms with Gasteiger partial charge in [-0.3, -0.25) is 14.9 Å². The SMILES string of the molecule is CCC(Nc1ccc(C(N)=O)cc1[N+](=O)[O-])c1ncc[nH]1. The quantitative estimate of drug-likeness (QED) is 0.553. The smallest absolute Gasteiger partial charge is 0.293 e. The van der Waals surface area contributed by atoms with Crippen LogP contribution in [0.5, 0.6) is 0 Å². The van der Waals surface area contributed by atoms with Crippen LogP contribution < -0.4 is 11.1 Å². The number of nitro groups is 1. The molecule has 8 heteroatoms. The lowest BCUT2D eigenvalue weighted by molar-refractivity contribution is -0.384. The molecule has 0 aliphatic heterocycles. The van der Waals surface area contributed by atoms with Crippen molar-refractivity contribution in [1.29, 1.82) is 0 Å². The third-order valence-corrected chi connectivity index (χ3v) is 3.07. The lowest BCUT2D eigenvalue weighted by atomic mass is 10.1. The summed E-state index contributed by atoms with van der Waals surface area (Å²) in [5.41, 5.74) is 5.35. The molecule has 1 unspecified atom stereocenters. The van der Waals surface area contributed by atoms with E-state index < -0.39 is 10.8 Å². The number of H-pyrrole nitrogens is 1. The largest absolute Gasteiger partial charge is 0.370 e. The minimum absolute atomic E-state index is 0.0956. The van der Waals surface area contributed by atoms with Gasteiger partial charge in [-0.2, -0.15) is 0 Å².